The molecule has 2 aromatic carbocycles. The molecule has 2 aliphatic rings. The van der Waals surface area contributed by atoms with Gasteiger partial charge in [0.25, 0.3) is 11.8 Å². The van der Waals surface area contributed by atoms with E-state index in [4.69, 9.17) is 9.47 Å². The molecular formula is C32H32N2O6. The second-order valence-corrected chi connectivity index (χ2v) is 9.89. The van der Waals surface area contributed by atoms with Gasteiger partial charge < -0.3 is 19.7 Å². The molecular weight excluding hydrogens is 508 g/mol. The number of nitrogens with zero attached hydrogens (tertiary/aromatic N) is 2. The molecule has 0 saturated carbocycles. The number of anilines is 2. The van der Waals surface area contributed by atoms with Gasteiger partial charge >= 0.3 is 0 Å². The van der Waals surface area contributed by atoms with Gasteiger partial charge in [0.05, 0.1) is 14.2 Å². The Morgan fingerprint density at radius 3 is 1.27 bits per heavy atom. The summed E-state index contributed by atoms with van der Waals surface area (Å²) in [6, 6.07) is 12.6. The second-order valence-electron chi connectivity index (χ2n) is 9.89. The summed E-state index contributed by atoms with van der Waals surface area (Å²) in [4.78, 5) is 28.7. The summed E-state index contributed by atoms with van der Waals surface area (Å²) in [5.41, 5.74) is 3.83. The van der Waals surface area contributed by atoms with Crippen LogP contribution in [0.15, 0.2) is 70.8 Å². The van der Waals surface area contributed by atoms with Crippen LogP contribution in [0.2, 0.25) is 0 Å². The van der Waals surface area contributed by atoms with E-state index in [9.17, 15) is 19.8 Å². The van der Waals surface area contributed by atoms with Crippen LogP contribution in [0.25, 0.3) is 0 Å². The van der Waals surface area contributed by atoms with Crippen molar-refractivity contribution in [1.29, 1.82) is 0 Å². The molecule has 2 N–H and O–H groups in total. The van der Waals surface area contributed by atoms with Crippen LogP contribution in [0.3, 0.4) is 0 Å². The fourth-order valence-corrected chi connectivity index (χ4v) is 4.93. The molecule has 0 aromatic heterocycles. The van der Waals surface area contributed by atoms with Crippen molar-refractivity contribution in [1.82, 2.24) is 0 Å². The number of rotatable bonds is 6. The van der Waals surface area contributed by atoms with E-state index in [1.165, 1.54) is 9.80 Å². The topological polar surface area (TPSA) is 99.5 Å². The normalized spacial score (nSPS) is 19.3. The molecule has 8 nitrogen and oxygen atoms in total. The number of allylic oxidation sites excluding steroid dienone is 2. The molecule has 2 aromatic rings. The van der Waals surface area contributed by atoms with E-state index in [-0.39, 0.29) is 11.8 Å². The Morgan fingerprint density at radius 1 is 0.675 bits per heavy atom. The fraction of sp³-hybridized carbons (Fsp3) is 0.312. The Bertz CT molecular complexity index is 1380. The molecule has 0 bridgehead atoms. The van der Waals surface area contributed by atoms with E-state index in [0.29, 0.717) is 34.0 Å². The zero-order chi connectivity index (χ0) is 29.1. The molecule has 2 aliphatic heterocycles. The number of methoxy groups -OCH3 is 2. The maximum atomic E-state index is 12.9. The van der Waals surface area contributed by atoms with Gasteiger partial charge in [-0.05, 0) is 88.1 Å². The summed E-state index contributed by atoms with van der Waals surface area (Å²) in [6.07, 6.45) is -2.41. The van der Waals surface area contributed by atoms with Gasteiger partial charge in [-0.3, -0.25) is 19.4 Å². The third-order valence-electron chi connectivity index (χ3n) is 6.93. The number of aliphatic hydroxyl groups is 2. The highest BCUT2D eigenvalue weighted by molar-refractivity contribution is 6.16. The Hall–Kier alpha value is -4.50. The van der Waals surface area contributed by atoms with Gasteiger partial charge in [0, 0.05) is 22.5 Å². The Morgan fingerprint density at radius 2 is 1.00 bits per heavy atom. The summed E-state index contributed by atoms with van der Waals surface area (Å²) in [5, 5.41) is 21.9. The van der Waals surface area contributed by atoms with Crippen LogP contribution in [-0.2, 0) is 9.59 Å². The highest BCUT2D eigenvalue weighted by atomic mass is 16.5. The van der Waals surface area contributed by atoms with Crippen molar-refractivity contribution >= 4 is 23.2 Å². The number of β-lactam (4-membered cyclic amide) rings is 2. The lowest BCUT2D eigenvalue weighted by molar-refractivity contribution is -0.120. The molecule has 0 spiro atoms. The average molecular weight is 541 g/mol. The van der Waals surface area contributed by atoms with Gasteiger partial charge in [0.15, 0.2) is 0 Å². The first-order chi connectivity index (χ1) is 19.1. The van der Waals surface area contributed by atoms with Crippen LogP contribution in [0.5, 0.6) is 11.5 Å². The number of hydrogen-bond acceptors (Lipinski definition) is 6. The molecule has 2 unspecified atom stereocenters. The molecule has 0 radical (unpaired) electrons. The van der Waals surface area contributed by atoms with Crippen molar-refractivity contribution in [3.8, 4) is 35.2 Å². The summed E-state index contributed by atoms with van der Waals surface area (Å²) in [5.74, 6) is 11.6. The van der Waals surface area contributed by atoms with Gasteiger partial charge in [-0.15, -0.1) is 0 Å². The molecule has 2 amide bonds. The van der Waals surface area contributed by atoms with E-state index >= 15 is 0 Å². The molecule has 4 atom stereocenters. The first kappa shape index (κ1) is 28.5. The molecule has 4 rings (SSSR count). The van der Waals surface area contributed by atoms with Gasteiger partial charge in [0.2, 0.25) is 0 Å². The molecule has 8 heteroatoms. The fourth-order valence-electron chi connectivity index (χ4n) is 4.93. The van der Waals surface area contributed by atoms with Crippen LogP contribution >= 0.6 is 0 Å². The van der Waals surface area contributed by atoms with E-state index in [1.807, 2.05) is 27.7 Å². The Labute approximate surface area is 234 Å². The predicted molar refractivity (Wildman–Crippen MR) is 153 cm³/mol. The van der Waals surface area contributed by atoms with Gasteiger partial charge in [-0.25, -0.2) is 0 Å². The van der Waals surface area contributed by atoms with Crippen molar-refractivity contribution in [2.75, 3.05) is 24.0 Å². The molecule has 0 aliphatic carbocycles. The third kappa shape index (κ3) is 5.20. The zero-order valence-corrected chi connectivity index (χ0v) is 23.4. The minimum atomic E-state index is -1.20. The SMILES string of the molecule is COc1ccc(N2C(=O)C(=C(C)C)C2[C@@H](O)C#CC#C[C@H](O)C2C(=C(C)C)C(=O)N2c2ccc(OC)cc2)cc1. The molecule has 206 valence electrons. The van der Waals surface area contributed by atoms with E-state index in [0.717, 1.165) is 11.1 Å². The van der Waals surface area contributed by atoms with E-state index < -0.39 is 24.3 Å². The Balaban J connectivity index is 1.54. The number of carbonyl (C=O) groups excluding carboxylic acids is 2. The third-order valence-corrected chi connectivity index (χ3v) is 6.93. The second kappa shape index (κ2) is 11.7. The average Bonchev–Trinajstić information content (AvgIpc) is 2.92. The minimum Gasteiger partial charge on any atom is -0.497 e. The molecule has 2 saturated heterocycles. The highest BCUT2D eigenvalue weighted by Gasteiger charge is 2.48. The van der Waals surface area contributed by atoms with Crippen LogP contribution < -0.4 is 19.3 Å². The van der Waals surface area contributed by atoms with Crippen molar-refractivity contribution in [3.63, 3.8) is 0 Å². The largest absolute Gasteiger partial charge is 0.497 e. The summed E-state index contributed by atoms with van der Waals surface area (Å²) in [7, 11) is 3.12. The van der Waals surface area contributed by atoms with Crippen LogP contribution in [-0.4, -0.2) is 60.5 Å². The lowest BCUT2D eigenvalue weighted by Crippen LogP contribution is -2.61. The van der Waals surface area contributed by atoms with Crippen LogP contribution in [0.1, 0.15) is 27.7 Å². The van der Waals surface area contributed by atoms with Crippen molar-refractivity contribution in [2.24, 2.45) is 0 Å². The quantitative estimate of drug-likeness (QED) is 0.332. The van der Waals surface area contributed by atoms with E-state index in [1.54, 1.807) is 62.8 Å². The molecule has 2 fully saturated rings. The number of aliphatic hydroxyl groups excluding tert-OH is 2. The smallest absolute Gasteiger partial charge is 0.257 e. The predicted octanol–water partition coefficient (Wildman–Crippen LogP) is 3.24. The highest BCUT2D eigenvalue weighted by Crippen LogP contribution is 2.38. The van der Waals surface area contributed by atoms with E-state index in [2.05, 4.69) is 23.7 Å². The monoisotopic (exact) mass is 540 g/mol. The first-order valence-electron chi connectivity index (χ1n) is 12.8. The number of amides is 2. The van der Waals surface area contributed by atoms with Crippen LogP contribution in [0, 0.1) is 23.7 Å². The standard InChI is InChI=1S/C32H32N2O6/c1-19(2)27-29(33(31(27)37)21-11-15-23(39-5)16-12-21)25(35)9-7-8-10-26(36)30-28(20(3)4)32(38)34(30)22-13-17-24(40-6)18-14-22/h11-18,25-26,29-30,35-36H,1-6H3/t25-,26-,29?,30?/m0/s1. The number of carbonyl (C=O) groups is 2. The lowest BCUT2D eigenvalue weighted by atomic mass is 9.85. The van der Waals surface area contributed by atoms with Crippen LogP contribution in [0.4, 0.5) is 11.4 Å². The van der Waals surface area contributed by atoms with Gasteiger partial charge in [-0.1, -0.05) is 23.0 Å². The maximum absolute atomic E-state index is 12.9. The zero-order valence-electron chi connectivity index (χ0n) is 23.4. The lowest BCUT2D eigenvalue weighted by Gasteiger charge is -2.44. The number of ether oxygens (including phenoxy) is 2. The van der Waals surface area contributed by atoms with Gasteiger partial charge in [0.1, 0.15) is 35.8 Å². The first-order valence-corrected chi connectivity index (χ1v) is 12.8. The summed E-state index contributed by atoms with van der Waals surface area (Å²) < 4.78 is 10.4. The number of hydrogen-bond donors (Lipinski definition) is 2. The molecule has 40 heavy (non-hydrogen) atoms. The summed E-state index contributed by atoms with van der Waals surface area (Å²) >= 11 is 0. The van der Waals surface area contributed by atoms with Gasteiger partial charge in [-0.2, -0.15) is 0 Å². The summed E-state index contributed by atoms with van der Waals surface area (Å²) in [6.45, 7) is 7.27. The van der Waals surface area contributed by atoms with Crippen molar-refractivity contribution in [2.45, 2.75) is 52.0 Å². The minimum absolute atomic E-state index is 0.194. The Kier molecular flexibility index (Phi) is 8.35. The molecule has 2 heterocycles. The van der Waals surface area contributed by atoms with Crippen molar-refractivity contribution < 1.29 is 29.3 Å². The number of benzene rings is 2. The van der Waals surface area contributed by atoms with Crippen molar-refractivity contribution in [3.05, 3.63) is 70.8 Å². The maximum Gasteiger partial charge on any atom is 0.257 e.